The molecule has 2 N–H and O–H groups in total. The van der Waals surface area contributed by atoms with Gasteiger partial charge in [-0.3, -0.25) is 10.1 Å². The lowest BCUT2D eigenvalue weighted by Crippen LogP contribution is -2.32. The van der Waals surface area contributed by atoms with Crippen molar-refractivity contribution in [3.63, 3.8) is 0 Å². The van der Waals surface area contributed by atoms with E-state index in [-0.39, 0.29) is 16.8 Å². The molecule has 4 rings (SSSR count). The Hall–Kier alpha value is -1.77. The molecule has 1 amide bonds. The van der Waals surface area contributed by atoms with Crippen molar-refractivity contribution in [1.82, 2.24) is 9.71 Å². The smallest absolute Gasteiger partial charge is 0.257 e. The minimum absolute atomic E-state index is 0.00588. The Morgan fingerprint density at radius 1 is 1.15 bits per heavy atom. The number of aromatic nitrogens is 1. The van der Waals surface area contributed by atoms with Crippen molar-refractivity contribution < 1.29 is 13.2 Å². The summed E-state index contributed by atoms with van der Waals surface area (Å²) in [5, 5.41) is 5.29. The molecule has 138 valence electrons. The van der Waals surface area contributed by atoms with E-state index in [2.05, 4.69) is 15.0 Å². The van der Waals surface area contributed by atoms with Crippen molar-refractivity contribution in [2.24, 2.45) is 0 Å². The van der Waals surface area contributed by atoms with E-state index in [1.54, 1.807) is 12.1 Å². The van der Waals surface area contributed by atoms with Gasteiger partial charge in [-0.2, -0.15) is 0 Å². The Bertz CT molecular complexity index is 913. The van der Waals surface area contributed by atoms with Crippen molar-refractivity contribution in [3.05, 3.63) is 40.9 Å². The Kier molecular flexibility index (Phi) is 4.81. The third kappa shape index (κ3) is 3.97. The lowest BCUT2D eigenvalue weighted by molar-refractivity contribution is 0.102. The number of amides is 1. The van der Waals surface area contributed by atoms with Crippen LogP contribution < -0.4 is 10.0 Å². The van der Waals surface area contributed by atoms with Crippen LogP contribution in [0.4, 0.5) is 5.13 Å². The van der Waals surface area contributed by atoms with Gasteiger partial charge in [-0.25, -0.2) is 18.1 Å². The number of rotatable bonds is 6. The van der Waals surface area contributed by atoms with E-state index in [0.717, 1.165) is 44.2 Å². The van der Waals surface area contributed by atoms with E-state index < -0.39 is 10.0 Å². The second kappa shape index (κ2) is 7.09. The van der Waals surface area contributed by atoms with Gasteiger partial charge in [0.15, 0.2) is 5.13 Å². The molecule has 0 unspecified atom stereocenters. The summed E-state index contributed by atoms with van der Waals surface area (Å²) in [6.07, 6.45) is 6.15. The average Bonchev–Trinajstić information content (AvgIpc) is 3.16. The number of anilines is 1. The molecule has 0 bridgehead atoms. The predicted octanol–water partition coefficient (Wildman–Crippen LogP) is 3.49. The highest BCUT2D eigenvalue weighted by Crippen LogP contribution is 2.40. The summed E-state index contributed by atoms with van der Waals surface area (Å²) in [5.74, 6) is 0.187. The van der Waals surface area contributed by atoms with Gasteiger partial charge in [0, 0.05) is 22.9 Å². The van der Waals surface area contributed by atoms with Crippen molar-refractivity contribution in [2.45, 2.75) is 55.4 Å². The molecule has 26 heavy (non-hydrogen) atoms. The van der Waals surface area contributed by atoms with Crippen molar-refractivity contribution >= 4 is 32.4 Å². The molecule has 8 heteroatoms. The molecule has 0 aliphatic heterocycles. The first-order valence-corrected chi connectivity index (χ1v) is 11.3. The van der Waals surface area contributed by atoms with E-state index in [1.807, 2.05) is 5.38 Å². The van der Waals surface area contributed by atoms with Crippen LogP contribution in [0.5, 0.6) is 0 Å². The number of hydrogen-bond acceptors (Lipinski definition) is 5. The number of carbonyl (C=O) groups is 1. The number of carbonyl (C=O) groups excluding carboxylic acids is 1. The van der Waals surface area contributed by atoms with Gasteiger partial charge >= 0.3 is 0 Å². The summed E-state index contributed by atoms with van der Waals surface area (Å²) < 4.78 is 27.8. The van der Waals surface area contributed by atoms with Gasteiger partial charge in [-0.1, -0.05) is 18.9 Å². The Morgan fingerprint density at radius 2 is 1.92 bits per heavy atom. The van der Waals surface area contributed by atoms with Crippen molar-refractivity contribution in [3.8, 4) is 0 Å². The van der Waals surface area contributed by atoms with E-state index >= 15 is 0 Å². The van der Waals surface area contributed by atoms with E-state index in [0.29, 0.717) is 16.6 Å². The largest absolute Gasteiger partial charge is 0.298 e. The quantitative estimate of drug-likeness (QED) is 0.789. The molecule has 0 spiro atoms. The molecule has 0 radical (unpaired) electrons. The maximum atomic E-state index is 12.6. The first-order valence-electron chi connectivity index (χ1n) is 8.90. The lowest BCUT2D eigenvalue weighted by Gasteiger charge is -2.13. The van der Waals surface area contributed by atoms with Crippen molar-refractivity contribution in [1.29, 1.82) is 0 Å². The topological polar surface area (TPSA) is 88.2 Å². The molecule has 1 aromatic carbocycles. The van der Waals surface area contributed by atoms with Crippen LogP contribution in [0.1, 0.15) is 60.5 Å². The van der Waals surface area contributed by atoms with Crippen LogP contribution in [0.3, 0.4) is 0 Å². The van der Waals surface area contributed by atoms with Gasteiger partial charge in [0.25, 0.3) is 5.91 Å². The fraction of sp³-hybridized carbons (Fsp3) is 0.444. The molecule has 2 aliphatic carbocycles. The Labute approximate surface area is 157 Å². The molecular formula is C18H21N3O3S2. The zero-order chi connectivity index (χ0) is 18.1. The zero-order valence-electron chi connectivity index (χ0n) is 14.3. The maximum absolute atomic E-state index is 12.6. The summed E-state index contributed by atoms with van der Waals surface area (Å²) in [4.78, 5) is 17.0. The standard InChI is InChI=1S/C18H21N3O3S2/c22-17(20-18-19-16(11-25-18)12-8-9-12)13-4-3-7-15(10-13)26(23,24)21-14-5-1-2-6-14/h3-4,7,10-12,14,21H,1-2,5-6,8-9H2,(H,19,20,22). The van der Waals surface area contributed by atoms with E-state index in [1.165, 1.54) is 23.5 Å². The van der Waals surface area contributed by atoms with Gasteiger partial charge in [0.05, 0.1) is 10.6 Å². The number of nitrogens with zero attached hydrogens (tertiary/aromatic N) is 1. The molecular weight excluding hydrogens is 370 g/mol. The molecule has 0 saturated heterocycles. The molecule has 2 aromatic rings. The van der Waals surface area contributed by atoms with Crippen LogP contribution in [0, 0.1) is 0 Å². The van der Waals surface area contributed by atoms with Gasteiger partial charge in [-0.05, 0) is 43.9 Å². The molecule has 2 saturated carbocycles. The summed E-state index contributed by atoms with van der Waals surface area (Å²) in [6, 6.07) is 6.13. The third-order valence-corrected chi connectivity index (χ3v) is 7.12. The van der Waals surface area contributed by atoms with Crippen LogP contribution in [0.2, 0.25) is 0 Å². The molecule has 2 fully saturated rings. The monoisotopic (exact) mass is 391 g/mol. The van der Waals surface area contributed by atoms with Gasteiger partial charge in [0.2, 0.25) is 10.0 Å². The van der Waals surface area contributed by atoms with Gasteiger partial charge < -0.3 is 0 Å². The molecule has 1 heterocycles. The normalized spacial score (nSPS) is 18.2. The lowest BCUT2D eigenvalue weighted by atomic mass is 10.2. The number of hydrogen-bond donors (Lipinski definition) is 2. The molecule has 6 nitrogen and oxygen atoms in total. The van der Waals surface area contributed by atoms with Gasteiger partial charge in [-0.15, -0.1) is 11.3 Å². The maximum Gasteiger partial charge on any atom is 0.257 e. The van der Waals surface area contributed by atoms with Crippen LogP contribution in [0.25, 0.3) is 0 Å². The zero-order valence-corrected chi connectivity index (χ0v) is 15.9. The molecule has 1 aromatic heterocycles. The predicted molar refractivity (Wildman–Crippen MR) is 101 cm³/mol. The van der Waals surface area contributed by atoms with Crippen LogP contribution >= 0.6 is 11.3 Å². The Morgan fingerprint density at radius 3 is 2.65 bits per heavy atom. The summed E-state index contributed by atoms with van der Waals surface area (Å²) in [5.41, 5.74) is 1.34. The second-order valence-corrected chi connectivity index (χ2v) is 9.51. The van der Waals surface area contributed by atoms with E-state index in [9.17, 15) is 13.2 Å². The van der Waals surface area contributed by atoms with Crippen LogP contribution in [0.15, 0.2) is 34.5 Å². The highest BCUT2D eigenvalue weighted by molar-refractivity contribution is 7.89. The van der Waals surface area contributed by atoms with Gasteiger partial charge in [0.1, 0.15) is 0 Å². The second-order valence-electron chi connectivity index (χ2n) is 6.94. The first-order chi connectivity index (χ1) is 12.5. The fourth-order valence-corrected chi connectivity index (χ4v) is 5.35. The number of thiazole rings is 1. The highest BCUT2D eigenvalue weighted by Gasteiger charge is 2.27. The Balaban J connectivity index is 1.47. The number of sulfonamides is 1. The van der Waals surface area contributed by atoms with Crippen molar-refractivity contribution in [2.75, 3.05) is 5.32 Å². The molecule has 0 atom stereocenters. The number of nitrogens with one attached hydrogen (secondary N) is 2. The highest BCUT2D eigenvalue weighted by atomic mass is 32.2. The van der Waals surface area contributed by atoms with Crippen LogP contribution in [-0.4, -0.2) is 25.4 Å². The summed E-state index contributed by atoms with van der Waals surface area (Å²) >= 11 is 1.40. The SMILES string of the molecule is O=C(Nc1nc(C2CC2)cs1)c1cccc(S(=O)(=O)NC2CCCC2)c1. The first kappa shape index (κ1) is 17.6. The van der Waals surface area contributed by atoms with Crippen LogP contribution in [-0.2, 0) is 10.0 Å². The third-order valence-electron chi connectivity index (χ3n) is 4.82. The van der Waals surface area contributed by atoms with E-state index in [4.69, 9.17) is 0 Å². The molecule has 2 aliphatic rings. The minimum atomic E-state index is -3.61. The average molecular weight is 392 g/mol. The summed E-state index contributed by atoms with van der Waals surface area (Å²) in [6.45, 7) is 0. The fourth-order valence-electron chi connectivity index (χ4n) is 3.22. The summed E-state index contributed by atoms with van der Waals surface area (Å²) in [7, 11) is -3.61. The number of benzene rings is 1. The minimum Gasteiger partial charge on any atom is -0.298 e.